The third-order valence-electron chi connectivity index (χ3n) is 4.94. The third kappa shape index (κ3) is 0.830. The molecule has 0 spiro atoms. The van der Waals surface area contributed by atoms with Gasteiger partial charge >= 0.3 is 0 Å². The van der Waals surface area contributed by atoms with E-state index >= 15 is 0 Å². The first-order chi connectivity index (χ1) is 6.96. The Morgan fingerprint density at radius 1 is 1.13 bits per heavy atom. The van der Waals surface area contributed by atoms with Crippen molar-refractivity contribution in [3.8, 4) is 0 Å². The van der Waals surface area contributed by atoms with Crippen LogP contribution in [0.4, 0.5) is 0 Å². The van der Waals surface area contributed by atoms with Crippen molar-refractivity contribution in [2.75, 3.05) is 0 Å². The van der Waals surface area contributed by atoms with Gasteiger partial charge in [-0.05, 0) is 30.1 Å². The fourth-order valence-electron chi connectivity index (χ4n) is 4.21. The minimum Gasteiger partial charge on any atom is -0.278 e. The highest BCUT2D eigenvalue weighted by molar-refractivity contribution is 6.04. The average Bonchev–Trinajstić information content (AvgIpc) is 2.69. The van der Waals surface area contributed by atoms with E-state index in [9.17, 15) is 14.8 Å². The second-order valence-corrected chi connectivity index (χ2v) is 5.65. The highest BCUT2D eigenvalue weighted by Gasteiger charge is 2.68. The van der Waals surface area contributed by atoms with Crippen LogP contribution < -0.4 is 0 Å². The van der Waals surface area contributed by atoms with Crippen LogP contribution in [0.25, 0.3) is 0 Å². The highest BCUT2D eigenvalue weighted by Crippen LogP contribution is 2.65. The summed E-state index contributed by atoms with van der Waals surface area (Å²) in [6.07, 6.45) is 2.04. The Morgan fingerprint density at radius 3 is 1.93 bits per heavy atom. The fourth-order valence-corrected chi connectivity index (χ4v) is 4.21. The van der Waals surface area contributed by atoms with Crippen LogP contribution >= 0.6 is 0 Å². The molecule has 4 nitrogen and oxygen atoms in total. The molecule has 1 heterocycles. The lowest BCUT2D eigenvalue weighted by Gasteiger charge is -2.26. The number of hydrogen-bond donors (Lipinski definition) is 1. The molecule has 1 aliphatic heterocycles. The number of imide groups is 1. The van der Waals surface area contributed by atoms with Gasteiger partial charge in [-0.15, -0.1) is 0 Å². The van der Waals surface area contributed by atoms with Crippen molar-refractivity contribution in [2.45, 2.75) is 26.7 Å². The summed E-state index contributed by atoms with van der Waals surface area (Å²) in [5.74, 6) is -0.662. The van der Waals surface area contributed by atoms with Gasteiger partial charge in [-0.1, -0.05) is 13.8 Å². The van der Waals surface area contributed by atoms with E-state index in [1.165, 1.54) is 0 Å². The summed E-state index contributed by atoms with van der Waals surface area (Å²) in [7, 11) is 0. The van der Waals surface area contributed by atoms with E-state index in [0.29, 0.717) is 5.06 Å². The smallest absolute Gasteiger partial charge is 0.257 e. The monoisotopic (exact) mass is 209 g/mol. The maximum atomic E-state index is 11.7. The fraction of sp³-hybridized carbons (Fsp3) is 0.818. The predicted molar refractivity (Wildman–Crippen MR) is 50.6 cm³/mol. The predicted octanol–water partition coefficient (Wildman–Crippen LogP) is 1.04. The number of carbonyl (C=O) groups is 2. The molecule has 82 valence electrons. The van der Waals surface area contributed by atoms with Crippen LogP contribution in [0, 0.1) is 29.1 Å². The molecule has 2 saturated carbocycles. The lowest BCUT2D eigenvalue weighted by Crippen LogP contribution is -2.33. The Hall–Kier alpha value is -0.900. The molecule has 3 rings (SSSR count). The number of hydrogen-bond acceptors (Lipinski definition) is 3. The van der Waals surface area contributed by atoms with Crippen LogP contribution in [0.1, 0.15) is 26.7 Å². The van der Waals surface area contributed by atoms with Crippen LogP contribution in [0.2, 0.25) is 0 Å². The lowest BCUT2D eigenvalue weighted by molar-refractivity contribution is -0.174. The molecule has 0 radical (unpaired) electrons. The van der Waals surface area contributed by atoms with E-state index in [1.54, 1.807) is 0 Å². The van der Waals surface area contributed by atoms with Crippen LogP contribution in [-0.2, 0) is 9.59 Å². The van der Waals surface area contributed by atoms with Crippen molar-refractivity contribution < 1.29 is 14.8 Å². The van der Waals surface area contributed by atoms with Crippen molar-refractivity contribution >= 4 is 11.8 Å². The topological polar surface area (TPSA) is 57.6 Å². The van der Waals surface area contributed by atoms with Gasteiger partial charge in [0.05, 0.1) is 11.8 Å². The number of rotatable bonds is 0. The van der Waals surface area contributed by atoms with Gasteiger partial charge in [-0.25, -0.2) is 0 Å². The van der Waals surface area contributed by atoms with Gasteiger partial charge in [-0.2, -0.15) is 5.06 Å². The zero-order valence-electron chi connectivity index (χ0n) is 8.93. The molecule has 4 heteroatoms. The molecule has 3 fully saturated rings. The molecule has 0 aromatic heterocycles. The molecule has 2 amide bonds. The SMILES string of the molecule is CC1(C)[C@H]2CC[C@H]1[C@@H]1C(=O)N(O)C(=O)[C@H]12. The molecular formula is C11H15NO3. The minimum absolute atomic E-state index is 0.0852. The molecule has 15 heavy (non-hydrogen) atoms. The third-order valence-corrected chi connectivity index (χ3v) is 4.94. The maximum absolute atomic E-state index is 11.7. The lowest BCUT2D eigenvalue weighted by atomic mass is 9.80. The van der Waals surface area contributed by atoms with Crippen molar-refractivity contribution in [1.82, 2.24) is 5.06 Å². The Labute approximate surface area is 88.2 Å². The quantitative estimate of drug-likeness (QED) is 0.479. The Morgan fingerprint density at radius 2 is 1.53 bits per heavy atom. The Bertz CT molecular complexity index is 331. The van der Waals surface area contributed by atoms with E-state index in [0.717, 1.165) is 12.8 Å². The van der Waals surface area contributed by atoms with Crippen molar-refractivity contribution in [1.29, 1.82) is 0 Å². The molecule has 3 aliphatic rings. The van der Waals surface area contributed by atoms with E-state index in [2.05, 4.69) is 13.8 Å². The van der Waals surface area contributed by atoms with Crippen LogP contribution in [0.3, 0.4) is 0 Å². The van der Waals surface area contributed by atoms with Crippen LogP contribution in [0.5, 0.6) is 0 Å². The number of hydroxylamine groups is 2. The summed E-state index contributed by atoms with van der Waals surface area (Å²) < 4.78 is 0. The van der Waals surface area contributed by atoms with Gasteiger partial charge < -0.3 is 0 Å². The zero-order valence-corrected chi connectivity index (χ0v) is 8.93. The first-order valence-corrected chi connectivity index (χ1v) is 5.53. The second kappa shape index (κ2) is 2.43. The first kappa shape index (κ1) is 9.33. The number of amides is 2. The summed E-state index contributed by atoms with van der Waals surface area (Å²) in [5.41, 5.74) is 0.0852. The average molecular weight is 209 g/mol. The standard InChI is InChI=1S/C11H15NO3/c1-11(2)5-3-4-6(11)8-7(5)9(13)12(15)10(8)14/h5-8,15H,3-4H2,1-2H3/t5-,6-,7-,8-/m0/s1. The van der Waals surface area contributed by atoms with Crippen molar-refractivity contribution in [3.05, 3.63) is 0 Å². The largest absolute Gasteiger partial charge is 0.278 e. The van der Waals surface area contributed by atoms with Gasteiger partial charge in [-0.3, -0.25) is 14.8 Å². The second-order valence-electron chi connectivity index (χ2n) is 5.65. The number of nitrogens with zero attached hydrogens (tertiary/aromatic N) is 1. The Kier molecular flexibility index (Phi) is 1.51. The van der Waals surface area contributed by atoms with E-state index < -0.39 is 0 Å². The van der Waals surface area contributed by atoms with E-state index in [1.807, 2.05) is 0 Å². The molecule has 2 bridgehead atoms. The molecule has 1 saturated heterocycles. The van der Waals surface area contributed by atoms with Crippen molar-refractivity contribution in [3.63, 3.8) is 0 Å². The molecular weight excluding hydrogens is 194 g/mol. The van der Waals surface area contributed by atoms with Crippen molar-refractivity contribution in [2.24, 2.45) is 29.1 Å². The highest BCUT2D eigenvalue weighted by atomic mass is 16.5. The van der Waals surface area contributed by atoms with Gasteiger partial charge in [0.2, 0.25) is 0 Å². The Balaban J connectivity index is 2.08. The zero-order chi connectivity index (χ0) is 11.0. The molecule has 0 aromatic rings. The molecule has 2 aliphatic carbocycles. The van der Waals surface area contributed by atoms with Gasteiger partial charge in [0, 0.05) is 0 Å². The van der Waals surface area contributed by atoms with Gasteiger partial charge in [0.15, 0.2) is 0 Å². The number of carbonyl (C=O) groups excluding carboxylic acids is 2. The summed E-state index contributed by atoms with van der Waals surface area (Å²) in [4.78, 5) is 23.5. The summed E-state index contributed by atoms with van der Waals surface area (Å²) >= 11 is 0. The normalized spacial score (nSPS) is 46.5. The molecule has 0 unspecified atom stereocenters. The van der Waals surface area contributed by atoms with E-state index in [4.69, 9.17) is 0 Å². The maximum Gasteiger partial charge on any atom is 0.257 e. The minimum atomic E-state index is -0.370. The van der Waals surface area contributed by atoms with Gasteiger partial charge in [0.25, 0.3) is 11.8 Å². The number of fused-ring (bicyclic) bond motifs is 5. The van der Waals surface area contributed by atoms with E-state index in [-0.39, 0.29) is 40.9 Å². The molecule has 0 aromatic carbocycles. The molecule has 4 atom stereocenters. The van der Waals surface area contributed by atoms with Crippen LogP contribution in [-0.4, -0.2) is 22.1 Å². The first-order valence-electron chi connectivity index (χ1n) is 5.53. The summed E-state index contributed by atoms with van der Waals surface area (Å²) in [6.45, 7) is 4.30. The summed E-state index contributed by atoms with van der Waals surface area (Å²) in [6, 6.07) is 0. The van der Waals surface area contributed by atoms with Crippen LogP contribution in [0.15, 0.2) is 0 Å². The van der Waals surface area contributed by atoms with Gasteiger partial charge in [0.1, 0.15) is 0 Å². The summed E-state index contributed by atoms with van der Waals surface area (Å²) in [5, 5.41) is 9.70. The molecule has 1 N–H and O–H groups in total.